The zero-order valence-electron chi connectivity index (χ0n) is 54.7. The van der Waals surface area contributed by atoms with E-state index in [1.807, 2.05) is 172 Å². The van der Waals surface area contributed by atoms with E-state index in [1.54, 1.807) is 31.2 Å². The Bertz CT molecular complexity index is 3370. The first-order chi connectivity index (χ1) is 46.4. The molecule has 20 atom stereocenters. The minimum Gasteiger partial charge on any atom is -0.445 e. The summed E-state index contributed by atoms with van der Waals surface area (Å²) in [4.78, 5) is 41.9. The quantitative estimate of drug-likeness (QED) is 0.0255. The predicted octanol–water partition coefficient (Wildman–Crippen LogP) is 7.56. The maximum absolute atomic E-state index is 14.1. The summed E-state index contributed by atoms with van der Waals surface area (Å²) >= 11 is 0. The van der Waals surface area contributed by atoms with E-state index in [9.17, 15) is 34.8 Å². The van der Waals surface area contributed by atoms with Crippen LogP contribution in [0.1, 0.15) is 89.3 Å². The average Bonchev–Trinajstić information content (AvgIpc) is 1.30. The number of aliphatic hydroxyl groups is 4. The molecular weight excluding hydrogens is 1250 g/mol. The van der Waals surface area contributed by atoms with Crippen molar-refractivity contribution in [3.63, 3.8) is 0 Å². The van der Waals surface area contributed by atoms with E-state index in [-0.39, 0.29) is 45.7 Å². The number of carbonyl (C=O) groups is 3. The van der Waals surface area contributed by atoms with Gasteiger partial charge in [0.1, 0.15) is 86.8 Å². The number of alkyl carbamates (subject to hydrolysis) is 3. The van der Waals surface area contributed by atoms with Crippen LogP contribution in [0.15, 0.2) is 182 Å². The lowest BCUT2D eigenvalue weighted by atomic mass is 9.80. The number of aliphatic hydroxyl groups excluding tert-OH is 4. The molecule has 4 heterocycles. The van der Waals surface area contributed by atoms with E-state index in [0.717, 1.165) is 15.9 Å². The molecule has 5 aliphatic rings. The van der Waals surface area contributed by atoms with Gasteiger partial charge in [0.2, 0.25) is 0 Å². The fourth-order valence-electron chi connectivity index (χ4n) is 13.6. The lowest BCUT2D eigenvalue weighted by Crippen LogP contribution is -2.70. The molecule has 23 heteroatoms. The minimum atomic E-state index is -3.71. The first kappa shape index (κ1) is 70.2. The maximum atomic E-state index is 14.1. The molecule has 0 spiro atoms. The highest BCUT2D eigenvalue weighted by molar-refractivity contribution is 6.99. The molecule has 6 aromatic carbocycles. The van der Waals surface area contributed by atoms with Crippen molar-refractivity contribution in [1.29, 1.82) is 0 Å². The molecule has 0 aromatic heterocycles. The number of hydrogen-bond donors (Lipinski definition) is 7. The van der Waals surface area contributed by atoms with E-state index in [4.69, 9.17) is 56.5 Å². The number of carbonyl (C=O) groups excluding carboxylic acids is 3. The van der Waals surface area contributed by atoms with Crippen molar-refractivity contribution in [3.05, 3.63) is 204 Å². The van der Waals surface area contributed by atoms with Crippen molar-refractivity contribution in [2.45, 2.75) is 202 Å². The lowest BCUT2D eigenvalue weighted by Gasteiger charge is -2.51. The largest absolute Gasteiger partial charge is 0.445 e. The van der Waals surface area contributed by atoms with Crippen LogP contribution in [0.2, 0.25) is 5.04 Å². The molecule has 3 amide bonds. The van der Waals surface area contributed by atoms with Gasteiger partial charge in [-0.2, -0.15) is 0 Å². The number of amides is 3. The third-order valence-electron chi connectivity index (χ3n) is 18.6. The van der Waals surface area contributed by atoms with Crippen LogP contribution in [0.4, 0.5) is 14.4 Å². The van der Waals surface area contributed by atoms with Gasteiger partial charge < -0.3 is 92.9 Å². The molecule has 11 rings (SSSR count). The molecule has 0 radical (unpaired) electrons. The van der Waals surface area contributed by atoms with Crippen LogP contribution in [0.5, 0.6) is 0 Å². The van der Waals surface area contributed by atoms with Crippen LogP contribution in [0, 0.1) is 5.92 Å². The summed E-state index contributed by atoms with van der Waals surface area (Å²) in [5, 5.41) is 58.9. The Kier molecular flexibility index (Phi) is 23.4. The predicted molar refractivity (Wildman–Crippen MR) is 352 cm³/mol. The molecule has 6 aromatic rings. The Balaban J connectivity index is 0.977. The van der Waals surface area contributed by atoms with Crippen molar-refractivity contribution in [2.75, 3.05) is 6.61 Å². The highest BCUT2D eigenvalue weighted by atomic mass is 28.4. The second kappa shape index (κ2) is 32.0. The third-order valence-corrected chi connectivity index (χ3v) is 23.6. The van der Waals surface area contributed by atoms with E-state index in [0.29, 0.717) is 16.7 Å². The Morgan fingerprint density at radius 2 is 0.927 bits per heavy atom. The number of nitrogens with one attached hydrogen (secondary N) is 3. The van der Waals surface area contributed by atoms with Gasteiger partial charge in [0.05, 0.1) is 31.0 Å². The first-order valence-corrected chi connectivity index (χ1v) is 35.0. The SMILES string of the molecule is CC[C@@H]1O[C@H](O[C@H]2[C@@H](O[Si](c3ccccc3)(c3ccccc3)C(C)(C)C)[C@H](O[C@H]3[C@H](O[C@H]4O[C@@H]5COC(c6ccccc6)O[C@H]5[C@H](O)[C@H]4NC(=O)OCc4ccccc4)[C@@H](C)CC(NC(=O)OCc4ccccc4)[C@@H]3O)O[C@@H]2CC)[C@H](NC(=O)OCc2ccccc2)[C@@H](O)[C@@H]1O. The summed E-state index contributed by atoms with van der Waals surface area (Å²) in [6, 6.07) is 52.4. The summed E-state index contributed by atoms with van der Waals surface area (Å²) < 4.78 is 80.1. The lowest BCUT2D eigenvalue weighted by molar-refractivity contribution is -0.360. The molecule has 0 bridgehead atoms. The minimum absolute atomic E-state index is 0.0614. The van der Waals surface area contributed by atoms with Gasteiger partial charge in [-0.15, -0.1) is 0 Å². The van der Waals surface area contributed by atoms with Crippen molar-refractivity contribution >= 4 is 37.0 Å². The van der Waals surface area contributed by atoms with Gasteiger partial charge in [0.15, 0.2) is 25.2 Å². The average molecular weight is 1340 g/mol. The Morgan fingerprint density at radius 1 is 0.490 bits per heavy atom. The second-order valence-corrected chi connectivity index (χ2v) is 30.4. The maximum Gasteiger partial charge on any atom is 0.407 e. The topological polar surface area (TPSA) is 279 Å². The van der Waals surface area contributed by atoms with E-state index in [2.05, 4.69) is 36.7 Å². The smallest absolute Gasteiger partial charge is 0.407 e. The number of hydrogen-bond acceptors (Lipinski definition) is 19. The number of fused-ring (bicyclic) bond motifs is 1. The zero-order chi connectivity index (χ0) is 67.5. The van der Waals surface area contributed by atoms with Gasteiger partial charge in [-0.05, 0) is 57.3 Å². The number of benzene rings is 6. The highest BCUT2D eigenvalue weighted by Crippen LogP contribution is 2.45. The number of rotatable bonds is 22. The summed E-state index contributed by atoms with van der Waals surface area (Å²) in [7, 11) is -3.71. The fourth-order valence-corrected chi connectivity index (χ4v) is 18.3. The van der Waals surface area contributed by atoms with Gasteiger partial charge in [-0.25, -0.2) is 14.4 Å². The van der Waals surface area contributed by atoms with Crippen molar-refractivity contribution in [1.82, 2.24) is 16.0 Å². The van der Waals surface area contributed by atoms with Crippen LogP contribution in [0.25, 0.3) is 0 Å². The molecule has 514 valence electrons. The van der Waals surface area contributed by atoms with Gasteiger partial charge in [0, 0.05) is 5.56 Å². The molecule has 4 saturated heterocycles. The second-order valence-electron chi connectivity index (χ2n) is 26.1. The van der Waals surface area contributed by atoms with Crippen LogP contribution in [-0.2, 0) is 76.4 Å². The number of ether oxygens (including phenoxy) is 11. The fraction of sp³-hybridized carbons (Fsp3) is 0.466. The van der Waals surface area contributed by atoms with Gasteiger partial charge in [0.25, 0.3) is 8.32 Å². The van der Waals surface area contributed by atoms with Crippen molar-refractivity contribution < 1.29 is 91.3 Å². The van der Waals surface area contributed by atoms with E-state index >= 15 is 0 Å². The Labute approximate surface area is 560 Å². The molecular formula is C73H89N3O19Si. The standard InChI is InChI=1S/C73H89N3O19Si/c1-7-52-58(78)59(79)55(75-71(82)86-41-46-29-17-10-18-30-46)67(88-52)93-63-53(8-2)89-69(65(63)95-96(73(4,5)6,49-35-23-13-24-36-49)50-37-25-14-26-38-50)94-64-57(77)51(74-70(81)85-40-45-27-15-9-16-28-45)39-44(3)61(64)91-68-56(76-72(83)87-42-47-31-19-11-20-32-47)60(80)62-54(90-68)43-84-66(92-62)48-33-21-12-22-34-48/h9-38,44,51-69,77-80H,7-8,39-43H2,1-6H3,(H,74,81)(H,75,82)(H,76,83)/t44-,51?,52-,53+,54+,55+,56+,57-,58+,59+,60+,61+,62+,63+,64+,65+,66?,67+,68+,69-/m0/s1. The molecule has 2 unspecified atom stereocenters. The summed E-state index contributed by atoms with van der Waals surface area (Å²) in [6.07, 6.45) is -22.7. The van der Waals surface area contributed by atoms with Crippen LogP contribution in [0.3, 0.4) is 0 Å². The van der Waals surface area contributed by atoms with Crippen LogP contribution in [-0.4, -0.2) is 164 Å². The van der Waals surface area contributed by atoms with Gasteiger partial charge in [-0.3, -0.25) is 0 Å². The molecule has 96 heavy (non-hydrogen) atoms. The summed E-state index contributed by atoms with van der Waals surface area (Å²) in [5.74, 6) is -0.641. The molecule has 5 fully saturated rings. The monoisotopic (exact) mass is 1340 g/mol. The van der Waals surface area contributed by atoms with Gasteiger partial charge >= 0.3 is 18.3 Å². The molecule has 1 saturated carbocycles. The van der Waals surface area contributed by atoms with Crippen molar-refractivity contribution in [2.24, 2.45) is 5.92 Å². The van der Waals surface area contributed by atoms with E-state index in [1.165, 1.54) is 0 Å². The Hall–Kier alpha value is -7.17. The summed E-state index contributed by atoms with van der Waals surface area (Å²) in [6.45, 7) is 11.5. The van der Waals surface area contributed by atoms with Crippen LogP contribution >= 0.6 is 0 Å². The van der Waals surface area contributed by atoms with Crippen LogP contribution < -0.4 is 26.3 Å². The Morgan fingerprint density at radius 3 is 1.43 bits per heavy atom. The normalized spacial score (nSPS) is 31.4. The third kappa shape index (κ3) is 16.2. The van der Waals surface area contributed by atoms with Gasteiger partial charge in [-0.1, -0.05) is 224 Å². The summed E-state index contributed by atoms with van der Waals surface area (Å²) in [5.41, 5.74) is 2.85. The molecule has 4 aliphatic heterocycles. The van der Waals surface area contributed by atoms with Crippen molar-refractivity contribution in [3.8, 4) is 0 Å². The first-order valence-electron chi connectivity index (χ1n) is 33.1. The zero-order valence-corrected chi connectivity index (χ0v) is 55.7. The molecule has 7 N–H and O–H groups in total. The molecule has 1 aliphatic carbocycles. The highest BCUT2D eigenvalue weighted by Gasteiger charge is 2.61. The van der Waals surface area contributed by atoms with E-state index < -0.39 is 154 Å². The molecule has 22 nitrogen and oxygen atoms in total.